The van der Waals surface area contributed by atoms with Gasteiger partial charge in [0.05, 0.1) is 12.1 Å². The molecule has 2 aromatic carbocycles. The molecule has 0 aliphatic rings. The first-order valence-electron chi connectivity index (χ1n) is 6.41. The topological polar surface area (TPSA) is 21.3 Å². The summed E-state index contributed by atoms with van der Waals surface area (Å²) < 4.78 is 6.09. The smallest absolute Gasteiger partial charge is 0.118 e. The van der Waals surface area contributed by atoms with Crippen LogP contribution in [0.4, 0.5) is 0 Å². The summed E-state index contributed by atoms with van der Waals surface area (Å²) in [6, 6.07) is 14.4. The standard InChI is InChI=1S/C16H17BrClNO/c1-11(13-4-6-14(20-2)7-5-13)19-10-12-3-8-16(18)15(17)9-12/h3-9,11,19H,10H2,1-2H3. The molecule has 2 rings (SSSR count). The van der Waals surface area contributed by atoms with Crippen molar-refractivity contribution in [2.45, 2.75) is 19.5 Å². The van der Waals surface area contributed by atoms with Crippen molar-refractivity contribution in [2.75, 3.05) is 7.11 Å². The number of methoxy groups -OCH3 is 1. The van der Waals surface area contributed by atoms with Crippen molar-refractivity contribution in [3.63, 3.8) is 0 Å². The summed E-state index contributed by atoms with van der Waals surface area (Å²) in [7, 11) is 1.68. The molecule has 0 fully saturated rings. The number of nitrogens with one attached hydrogen (secondary N) is 1. The van der Waals surface area contributed by atoms with Crippen LogP contribution >= 0.6 is 27.5 Å². The molecule has 1 unspecified atom stereocenters. The molecule has 0 heterocycles. The summed E-state index contributed by atoms with van der Waals surface area (Å²) >= 11 is 9.43. The molecule has 0 amide bonds. The fourth-order valence-electron chi connectivity index (χ4n) is 1.93. The highest BCUT2D eigenvalue weighted by Gasteiger charge is 2.06. The lowest BCUT2D eigenvalue weighted by Crippen LogP contribution is -2.18. The molecule has 0 bridgehead atoms. The lowest BCUT2D eigenvalue weighted by molar-refractivity contribution is 0.414. The molecule has 0 aromatic heterocycles. The van der Waals surface area contributed by atoms with Gasteiger partial charge in [-0.15, -0.1) is 0 Å². The predicted molar refractivity (Wildman–Crippen MR) is 87.4 cm³/mol. The Morgan fingerprint density at radius 2 is 1.90 bits per heavy atom. The van der Waals surface area contributed by atoms with Gasteiger partial charge in [0.1, 0.15) is 5.75 Å². The SMILES string of the molecule is COc1ccc(C(C)NCc2ccc(Cl)c(Br)c2)cc1. The van der Waals surface area contributed by atoms with E-state index in [9.17, 15) is 0 Å². The largest absolute Gasteiger partial charge is 0.497 e. The summed E-state index contributed by atoms with van der Waals surface area (Å²) in [5.41, 5.74) is 2.43. The molecule has 1 N–H and O–H groups in total. The Kier molecular flexibility index (Phi) is 5.46. The Morgan fingerprint density at radius 3 is 2.50 bits per heavy atom. The molecule has 0 saturated carbocycles. The van der Waals surface area contributed by atoms with E-state index in [1.54, 1.807) is 7.11 Å². The molecule has 0 saturated heterocycles. The third-order valence-electron chi connectivity index (χ3n) is 3.21. The third-order valence-corrected chi connectivity index (χ3v) is 4.43. The van der Waals surface area contributed by atoms with Gasteiger partial charge in [0.15, 0.2) is 0 Å². The van der Waals surface area contributed by atoms with E-state index in [1.807, 2.05) is 30.3 Å². The molecule has 0 aliphatic heterocycles. The van der Waals surface area contributed by atoms with E-state index in [0.717, 1.165) is 21.8 Å². The van der Waals surface area contributed by atoms with Crippen LogP contribution in [0.2, 0.25) is 5.02 Å². The second-order valence-corrected chi connectivity index (χ2v) is 5.89. The zero-order valence-electron chi connectivity index (χ0n) is 11.5. The molecule has 2 aromatic rings. The minimum Gasteiger partial charge on any atom is -0.497 e. The fraction of sp³-hybridized carbons (Fsp3) is 0.250. The minimum atomic E-state index is 0.273. The normalized spacial score (nSPS) is 12.2. The van der Waals surface area contributed by atoms with E-state index in [1.165, 1.54) is 11.1 Å². The summed E-state index contributed by atoms with van der Waals surface area (Å²) in [6.45, 7) is 2.94. The maximum absolute atomic E-state index is 5.99. The van der Waals surface area contributed by atoms with E-state index in [4.69, 9.17) is 16.3 Å². The van der Waals surface area contributed by atoms with Crippen LogP contribution in [0.1, 0.15) is 24.1 Å². The number of hydrogen-bond acceptors (Lipinski definition) is 2. The van der Waals surface area contributed by atoms with E-state index in [2.05, 4.69) is 40.3 Å². The van der Waals surface area contributed by atoms with Crippen LogP contribution in [-0.2, 0) is 6.54 Å². The first-order chi connectivity index (χ1) is 9.60. The van der Waals surface area contributed by atoms with Crippen LogP contribution in [0.3, 0.4) is 0 Å². The van der Waals surface area contributed by atoms with Crippen molar-refractivity contribution in [3.8, 4) is 5.75 Å². The van der Waals surface area contributed by atoms with Gasteiger partial charge >= 0.3 is 0 Å². The number of hydrogen-bond donors (Lipinski definition) is 1. The first kappa shape index (κ1) is 15.4. The van der Waals surface area contributed by atoms with E-state index in [0.29, 0.717) is 0 Å². The van der Waals surface area contributed by atoms with Crippen molar-refractivity contribution in [1.29, 1.82) is 0 Å². The van der Waals surface area contributed by atoms with Gasteiger partial charge in [-0.25, -0.2) is 0 Å². The van der Waals surface area contributed by atoms with E-state index < -0.39 is 0 Å². The maximum Gasteiger partial charge on any atom is 0.118 e. The highest BCUT2D eigenvalue weighted by atomic mass is 79.9. The Balaban J connectivity index is 1.96. The van der Waals surface area contributed by atoms with Crippen molar-refractivity contribution >= 4 is 27.5 Å². The minimum absolute atomic E-state index is 0.273. The Bertz CT molecular complexity index is 571. The second kappa shape index (κ2) is 7.11. The summed E-state index contributed by atoms with van der Waals surface area (Å²) in [4.78, 5) is 0. The zero-order valence-corrected chi connectivity index (χ0v) is 13.8. The zero-order chi connectivity index (χ0) is 14.5. The Morgan fingerprint density at radius 1 is 1.20 bits per heavy atom. The molecule has 2 nitrogen and oxygen atoms in total. The summed E-state index contributed by atoms with van der Waals surface area (Å²) in [5.74, 6) is 0.877. The van der Waals surface area contributed by atoms with Crippen molar-refractivity contribution in [1.82, 2.24) is 5.32 Å². The quantitative estimate of drug-likeness (QED) is 0.819. The van der Waals surface area contributed by atoms with Crippen LogP contribution in [0.5, 0.6) is 5.75 Å². The highest BCUT2D eigenvalue weighted by Crippen LogP contribution is 2.24. The maximum atomic E-state index is 5.99. The molecular formula is C16H17BrClNO. The van der Waals surface area contributed by atoms with E-state index >= 15 is 0 Å². The van der Waals surface area contributed by atoms with Gasteiger partial charge in [0.25, 0.3) is 0 Å². The second-order valence-electron chi connectivity index (χ2n) is 4.62. The van der Waals surface area contributed by atoms with Gasteiger partial charge < -0.3 is 10.1 Å². The van der Waals surface area contributed by atoms with Gasteiger partial charge in [-0.2, -0.15) is 0 Å². The summed E-state index contributed by atoms with van der Waals surface area (Å²) in [6.07, 6.45) is 0. The molecule has 0 spiro atoms. The molecule has 0 radical (unpaired) electrons. The number of benzene rings is 2. The molecule has 4 heteroatoms. The predicted octanol–water partition coefficient (Wildman–Crippen LogP) is 4.96. The first-order valence-corrected chi connectivity index (χ1v) is 7.58. The monoisotopic (exact) mass is 353 g/mol. The number of rotatable bonds is 5. The number of halogens is 2. The summed E-state index contributed by atoms with van der Waals surface area (Å²) in [5, 5.41) is 4.23. The van der Waals surface area contributed by atoms with Crippen LogP contribution < -0.4 is 10.1 Å². The van der Waals surface area contributed by atoms with Gasteiger partial charge in [0, 0.05) is 17.1 Å². The average Bonchev–Trinajstić information content (AvgIpc) is 2.48. The molecule has 106 valence electrons. The van der Waals surface area contributed by atoms with Crippen molar-refractivity contribution in [3.05, 3.63) is 63.1 Å². The van der Waals surface area contributed by atoms with Crippen LogP contribution in [0.25, 0.3) is 0 Å². The van der Waals surface area contributed by atoms with Gasteiger partial charge in [-0.3, -0.25) is 0 Å². The van der Waals surface area contributed by atoms with Crippen LogP contribution in [0, 0.1) is 0 Å². The molecule has 0 aliphatic carbocycles. The lowest BCUT2D eigenvalue weighted by atomic mass is 10.1. The van der Waals surface area contributed by atoms with Crippen LogP contribution in [-0.4, -0.2) is 7.11 Å². The third kappa shape index (κ3) is 3.98. The van der Waals surface area contributed by atoms with Crippen LogP contribution in [0.15, 0.2) is 46.9 Å². The lowest BCUT2D eigenvalue weighted by Gasteiger charge is -2.15. The fourth-order valence-corrected chi connectivity index (χ4v) is 2.47. The Hall–Kier alpha value is -1.03. The van der Waals surface area contributed by atoms with E-state index in [-0.39, 0.29) is 6.04 Å². The van der Waals surface area contributed by atoms with Gasteiger partial charge in [0.2, 0.25) is 0 Å². The Labute approximate surface area is 133 Å². The molecular weight excluding hydrogens is 338 g/mol. The number of ether oxygens (including phenoxy) is 1. The van der Waals surface area contributed by atoms with Gasteiger partial charge in [-0.05, 0) is 58.2 Å². The average molecular weight is 355 g/mol. The molecule has 20 heavy (non-hydrogen) atoms. The van der Waals surface area contributed by atoms with Crippen molar-refractivity contribution < 1.29 is 4.74 Å². The highest BCUT2D eigenvalue weighted by molar-refractivity contribution is 9.10. The molecule has 1 atom stereocenters. The van der Waals surface area contributed by atoms with Crippen molar-refractivity contribution in [2.24, 2.45) is 0 Å². The van der Waals surface area contributed by atoms with Gasteiger partial charge in [-0.1, -0.05) is 29.8 Å².